The fourth-order valence-electron chi connectivity index (χ4n) is 3.19. The number of nitrogens with one attached hydrogen (secondary N) is 1. The number of hydrogen-bond donors (Lipinski definition) is 1. The van der Waals surface area contributed by atoms with Gasteiger partial charge in [-0.3, -0.25) is 4.79 Å². The fourth-order valence-corrected chi connectivity index (χ4v) is 4.13. The number of hydrogen-bond acceptors (Lipinski definition) is 7. The first-order chi connectivity index (χ1) is 14.6. The van der Waals surface area contributed by atoms with Crippen LogP contribution in [0, 0.1) is 6.92 Å². The maximum Gasteiger partial charge on any atom is 0.256 e. The maximum atomic E-state index is 12.7. The van der Waals surface area contributed by atoms with Crippen LogP contribution in [-0.4, -0.2) is 34.1 Å². The molecule has 9 heteroatoms. The quantitative estimate of drug-likeness (QED) is 0.519. The third kappa shape index (κ3) is 3.33. The number of fused-ring (bicyclic) bond motifs is 2. The minimum Gasteiger partial charge on any atom is -0.494 e. The molecule has 3 heterocycles. The van der Waals surface area contributed by atoms with Gasteiger partial charge in [0.1, 0.15) is 11.6 Å². The lowest BCUT2D eigenvalue weighted by molar-refractivity contribution is 0.102. The predicted molar refractivity (Wildman–Crippen MR) is 113 cm³/mol. The second kappa shape index (κ2) is 7.34. The molecule has 0 spiro atoms. The van der Waals surface area contributed by atoms with E-state index in [0.717, 1.165) is 21.7 Å². The van der Waals surface area contributed by atoms with Crippen molar-refractivity contribution in [3.8, 4) is 22.4 Å². The van der Waals surface area contributed by atoms with Gasteiger partial charge in [0.25, 0.3) is 5.91 Å². The highest BCUT2D eigenvalue weighted by Gasteiger charge is 2.19. The molecule has 0 unspecified atom stereocenters. The largest absolute Gasteiger partial charge is 0.494 e. The van der Waals surface area contributed by atoms with Crippen LogP contribution in [-0.2, 0) is 0 Å². The molecule has 0 saturated heterocycles. The molecule has 1 aliphatic rings. The molecule has 4 aromatic rings. The molecule has 5 rings (SSSR count). The van der Waals surface area contributed by atoms with Crippen molar-refractivity contribution in [3.63, 3.8) is 0 Å². The predicted octanol–water partition coefficient (Wildman–Crippen LogP) is 4.17. The number of nitrogens with zero attached hydrogens (tertiary/aromatic N) is 3. The van der Waals surface area contributed by atoms with Crippen LogP contribution in [0.5, 0.6) is 17.2 Å². The van der Waals surface area contributed by atoms with E-state index in [1.165, 1.54) is 11.3 Å². The normalized spacial score (nSPS) is 12.3. The second-order valence-corrected chi connectivity index (χ2v) is 7.67. The Morgan fingerprint density at radius 1 is 1.20 bits per heavy atom. The lowest BCUT2D eigenvalue weighted by atomic mass is 10.2. The summed E-state index contributed by atoms with van der Waals surface area (Å²) in [5, 5.41) is 8.08. The number of rotatable bonds is 5. The number of anilines is 1. The molecule has 2 aromatic carbocycles. The standard InChI is InChI=1S/C21H18N4O4S/c1-3-27-14-6-4-13(5-7-14)20(26)23-19-8-12(2)24-25(19)21-22-15-9-16-17(29-11-28-16)10-18(15)30-21/h4-10H,3,11H2,1-2H3,(H,23,26). The van der Waals surface area contributed by atoms with Crippen molar-refractivity contribution < 1.29 is 19.0 Å². The van der Waals surface area contributed by atoms with Crippen LogP contribution in [0.3, 0.4) is 0 Å². The van der Waals surface area contributed by atoms with E-state index in [0.29, 0.717) is 34.6 Å². The Morgan fingerprint density at radius 2 is 1.97 bits per heavy atom. The number of thiazole rings is 1. The average Bonchev–Trinajstić information content (AvgIpc) is 3.44. The van der Waals surface area contributed by atoms with E-state index in [-0.39, 0.29) is 12.7 Å². The van der Waals surface area contributed by atoms with Crippen molar-refractivity contribution in [3.05, 3.63) is 53.7 Å². The van der Waals surface area contributed by atoms with Gasteiger partial charge in [-0.05, 0) is 38.1 Å². The number of aromatic nitrogens is 3. The highest BCUT2D eigenvalue weighted by molar-refractivity contribution is 7.20. The van der Waals surface area contributed by atoms with Gasteiger partial charge in [-0.1, -0.05) is 11.3 Å². The summed E-state index contributed by atoms with van der Waals surface area (Å²) in [7, 11) is 0. The van der Waals surface area contributed by atoms with Crippen molar-refractivity contribution in [1.29, 1.82) is 0 Å². The van der Waals surface area contributed by atoms with Crippen LogP contribution in [0.2, 0.25) is 0 Å². The Kier molecular flexibility index (Phi) is 4.51. The first-order valence-corrected chi connectivity index (χ1v) is 10.2. The maximum absolute atomic E-state index is 12.7. The summed E-state index contributed by atoms with van der Waals surface area (Å²) in [6.45, 7) is 4.58. The van der Waals surface area contributed by atoms with E-state index in [2.05, 4.69) is 15.4 Å². The lowest BCUT2D eigenvalue weighted by Crippen LogP contribution is -2.15. The van der Waals surface area contributed by atoms with Crippen molar-refractivity contribution >= 4 is 33.3 Å². The lowest BCUT2D eigenvalue weighted by Gasteiger charge is -2.07. The van der Waals surface area contributed by atoms with Gasteiger partial charge < -0.3 is 19.5 Å². The summed E-state index contributed by atoms with van der Waals surface area (Å²) in [6.07, 6.45) is 0. The van der Waals surface area contributed by atoms with E-state index in [1.54, 1.807) is 28.9 Å². The molecule has 0 radical (unpaired) electrons. The molecule has 0 aliphatic carbocycles. The van der Waals surface area contributed by atoms with Crippen molar-refractivity contribution in [2.45, 2.75) is 13.8 Å². The molecule has 0 atom stereocenters. The van der Waals surface area contributed by atoms with E-state index >= 15 is 0 Å². The molecule has 152 valence electrons. The zero-order chi connectivity index (χ0) is 20.7. The van der Waals surface area contributed by atoms with Crippen LogP contribution < -0.4 is 19.5 Å². The van der Waals surface area contributed by atoms with E-state index in [9.17, 15) is 4.79 Å². The molecule has 1 aliphatic heterocycles. The number of ether oxygens (including phenoxy) is 3. The van der Waals surface area contributed by atoms with Gasteiger partial charge in [0, 0.05) is 23.8 Å². The average molecular weight is 422 g/mol. The first-order valence-electron chi connectivity index (χ1n) is 9.42. The number of amides is 1. The Bertz CT molecular complexity index is 1210. The Labute approximate surface area is 176 Å². The molecule has 0 fully saturated rings. The van der Waals surface area contributed by atoms with E-state index in [1.807, 2.05) is 32.0 Å². The highest BCUT2D eigenvalue weighted by atomic mass is 32.1. The van der Waals surface area contributed by atoms with E-state index in [4.69, 9.17) is 14.2 Å². The van der Waals surface area contributed by atoms with Crippen molar-refractivity contribution in [1.82, 2.24) is 14.8 Å². The van der Waals surface area contributed by atoms with E-state index < -0.39 is 0 Å². The molecule has 0 bridgehead atoms. The number of carbonyl (C=O) groups is 1. The van der Waals surface area contributed by atoms with Crippen LogP contribution in [0.25, 0.3) is 15.3 Å². The molecule has 0 saturated carbocycles. The van der Waals surface area contributed by atoms with Crippen LogP contribution in [0.1, 0.15) is 23.0 Å². The minimum absolute atomic E-state index is 0.222. The molecular weight excluding hydrogens is 404 g/mol. The zero-order valence-electron chi connectivity index (χ0n) is 16.3. The minimum atomic E-state index is -0.235. The Morgan fingerprint density at radius 3 is 2.73 bits per heavy atom. The van der Waals surface area contributed by atoms with Crippen molar-refractivity contribution in [2.75, 3.05) is 18.7 Å². The summed E-state index contributed by atoms with van der Waals surface area (Å²) in [5.74, 6) is 2.43. The highest BCUT2D eigenvalue weighted by Crippen LogP contribution is 2.39. The SMILES string of the molecule is CCOc1ccc(C(=O)Nc2cc(C)nn2-c2nc3cc4c(cc3s2)OCO4)cc1. The van der Waals surface area contributed by atoms with Crippen LogP contribution >= 0.6 is 11.3 Å². The van der Waals surface area contributed by atoms with Crippen molar-refractivity contribution in [2.24, 2.45) is 0 Å². The second-order valence-electron chi connectivity index (χ2n) is 6.66. The van der Waals surface area contributed by atoms with Crippen LogP contribution in [0.15, 0.2) is 42.5 Å². The summed E-state index contributed by atoms with van der Waals surface area (Å²) in [5.41, 5.74) is 2.08. The smallest absolute Gasteiger partial charge is 0.256 e. The van der Waals surface area contributed by atoms with Gasteiger partial charge in [-0.2, -0.15) is 9.78 Å². The molecule has 30 heavy (non-hydrogen) atoms. The number of benzene rings is 2. The first kappa shape index (κ1) is 18.4. The molecular formula is C21H18N4O4S. The van der Waals surface area contributed by atoms with Gasteiger partial charge in [0.2, 0.25) is 11.9 Å². The third-order valence-electron chi connectivity index (χ3n) is 4.55. The molecule has 8 nitrogen and oxygen atoms in total. The topological polar surface area (TPSA) is 87.5 Å². The van der Waals surface area contributed by atoms with Crippen LogP contribution in [0.4, 0.5) is 5.82 Å². The summed E-state index contributed by atoms with van der Waals surface area (Å²) in [4.78, 5) is 17.4. The molecule has 1 N–H and O–H groups in total. The van der Waals surface area contributed by atoms with Gasteiger partial charge in [0.05, 0.1) is 22.5 Å². The number of aryl methyl sites for hydroxylation is 1. The monoisotopic (exact) mass is 422 g/mol. The fraction of sp³-hybridized carbons (Fsp3) is 0.190. The van der Waals surface area contributed by atoms with Gasteiger partial charge in [-0.25, -0.2) is 4.98 Å². The number of carbonyl (C=O) groups excluding carboxylic acids is 1. The van der Waals surface area contributed by atoms with Gasteiger partial charge in [-0.15, -0.1) is 0 Å². The summed E-state index contributed by atoms with van der Waals surface area (Å²) < 4.78 is 18.9. The summed E-state index contributed by atoms with van der Waals surface area (Å²) in [6, 6.07) is 12.6. The molecule has 1 amide bonds. The van der Waals surface area contributed by atoms with Gasteiger partial charge in [0.15, 0.2) is 11.5 Å². The third-order valence-corrected chi connectivity index (χ3v) is 5.55. The Balaban J connectivity index is 1.44. The zero-order valence-corrected chi connectivity index (χ0v) is 17.2. The summed E-state index contributed by atoms with van der Waals surface area (Å²) >= 11 is 1.46. The Hall–Kier alpha value is -3.59. The van der Waals surface area contributed by atoms with Gasteiger partial charge >= 0.3 is 0 Å². The molecule has 2 aromatic heterocycles.